The second-order valence-electron chi connectivity index (χ2n) is 8.14. The van der Waals surface area contributed by atoms with Gasteiger partial charge in [0.05, 0.1) is 19.8 Å². The molecule has 34 heavy (non-hydrogen) atoms. The first-order chi connectivity index (χ1) is 16.5. The molecule has 2 N–H and O–H groups in total. The molecule has 1 amide bonds. The number of nitrogens with two attached hydrogens (primary N) is 1. The van der Waals surface area contributed by atoms with Gasteiger partial charge in [-0.1, -0.05) is 97.9 Å². The van der Waals surface area contributed by atoms with Gasteiger partial charge >= 0.3 is 0 Å². The van der Waals surface area contributed by atoms with Crippen LogP contribution in [0.2, 0.25) is 0 Å². The van der Waals surface area contributed by atoms with Crippen LogP contribution in [0.1, 0.15) is 23.6 Å². The van der Waals surface area contributed by atoms with Gasteiger partial charge < -0.3 is 19.9 Å². The molecule has 0 aromatic heterocycles. The fourth-order valence-corrected chi connectivity index (χ4v) is 3.64. The molecule has 0 aliphatic heterocycles. The van der Waals surface area contributed by atoms with Crippen LogP contribution in [0.15, 0.2) is 91.0 Å². The highest BCUT2D eigenvalue weighted by Crippen LogP contribution is 2.20. The lowest BCUT2D eigenvalue weighted by molar-refractivity contribution is -0.151. The van der Waals surface area contributed by atoms with Crippen LogP contribution >= 0.6 is 0 Å². The minimum atomic E-state index is -1.00. The number of rotatable bonds is 14. The largest absolute Gasteiger partial charge is 0.369 e. The smallest absolute Gasteiger partial charge is 0.246 e. The van der Waals surface area contributed by atoms with Crippen LogP contribution in [-0.2, 0) is 43.6 Å². The van der Waals surface area contributed by atoms with Gasteiger partial charge in [-0.25, -0.2) is 0 Å². The van der Waals surface area contributed by atoms with E-state index in [0.717, 1.165) is 16.7 Å². The first kappa shape index (κ1) is 25.3. The molecule has 3 atom stereocenters. The van der Waals surface area contributed by atoms with Crippen LogP contribution in [0.4, 0.5) is 0 Å². The Kier molecular flexibility index (Phi) is 9.98. The monoisotopic (exact) mass is 461 g/mol. The SMILES string of the molecule is C[C@@H]([C@H](OCc1ccccc1)C(=O)COCc1ccccc1)[C@@H](OCc1ccccc1)C(N)=O. The van der Waals surface area contributed by atoms with E-state index in [1.54, 1.807) is 6.92 Å². The zero-order valence-electron chi connectivity index (χ0n) is 19.3. The second kappa shape index (κ2) is 13.4. The maximum absolute atomic E-state index is 13.1. The van der Waals surface area contributed by atoms with Gasteiger partial charge in [0.1, 0.15) is 18.8 Å². The quantitative estimate of drug-likeness (QED) is 0.391. The van der Waals surface area contributed by atoms with Gasteiger partial charge in [-0.2, -0.15) is 0 Å². The lowest BCUT2D eigenvalue weighted by Gasteiger charge is -2.28. The molecule has 0 aliphatic rings. The van der Waals surface area contributed by atoms with Gasteiger partial charge in [0.2, 0.25) is 5.91 Å². The average Bonchev–Trinajstić information content (AvgIpc) is 2.86. The van der Waals surface area contributed by atoms with Crippen molar-refractivity contribution >= 4 is 11.7 Å². The summed E-state index contributed by atoms with van der Waals surface area (Å²) < 4.78 is 17.5. The average molecular weight is 462 g/mol. The summed E-state index contributed by atoms with van der Waals surface area (Å²) in [5, 5.41) is 0. The van der Waals surface area contributed by atoms with Crippen molar-refractivity contribution in [3.8, 4) is 0 Å². The number of primary amides is 1. The van der Waals surface area contributed by atoms with Crippen LogP contribution in [0.25, 0.3) is 0 Å². The maximum atomic E-state index is 13.1. The third kappa shape index (κ3) is 7.92. The molecule has 0 spiro atoms. The minimum Gasteiger partial charge on any atom is -0.369 e. The molecular formula is C28H31NO5. The summed E-state index contributed by atoms with van der Waals surface area (Å²) in [6, 6.07) is 28.6. The van der Waals surface area contributed by atoms with E-state index < -0.39 is 24.0 Å². The summed E-state index contributed by atoms with van der Waals surface area (Å²) in [5.74, 6) is -1.53. The number of hydrogen-bond acceptors (Lipinski definition) is 5. The zero-order valence-corrected chi connectivity index (χ0v) is 19.3. The van der Waals surface area contributed by atoms with Crippen molar-refractivity contribution < 1.29 is 23.8 Å². The minimum absolute atomic E-state index is 0.150. The molecular weight excluding hydrogens is 430 g/mol. The first-order valence-electron chi connectivity index (χ1n) is 11.3. The summed E-state index contributed by atoms with van der Waals surface area (Å²) in [5.41, 5.74) is 8.44. The van der Waals surface area contributed by atoms with E-state index in [4.69, 9.17) is 19.9 Å². The van der Waals surface area contributed by atoms with Crippen molar-refractivity contribution in [2.24, 2.45) is 11.7 Å². The number of amides is 1. The third-order valence-electron chi connectivity index (χ3n) is 5.45. The molecule has 3 aromatic rings. The summed E-state index contributed by atoms with van der Waals surface area (Å²) in [6.45, 7) is 2.30. The highest BCUT2D eigenvalue weighted by molar-refractivity contribution is 5.86. The van der Waals surface area contributed by atoms with Crippen molar-refractivity contribution in [3.05, 3.63) is 108 Å². The summed E-state index contributed by atoms with van der Waals surface area (Å²) in [4.78, 5) is 25.4. The van der Waals surface area contributed by atoms with Crippen molar-refractivity contribution in [2.75, 3.05) is 6.61 Å². The van der Waals surface area contributed by atoms with Crippen LogP contribution in [0.3, 0.4) is 0 Å². The molecule has 0 saturated heterocycles. The molecule has 0 bridgehead atoms. The van der Waals surface area contributed by atoms with E-state index in [1.165, 1.54) is 0 Å². The first-order valence-corrected chi connectivity index (χ1v) is 11.3. The van der Waals surface area contributed by atoms with Gasteiger partial charge in [0.15, 0.2) is 5.78 Å². The number of carbonyl (C=O) groups is 2. The topological polar surface area (TPSA) is 87.8 Å². The molecule has 0 aliphatic carbocycles. The van der Waals surface area contributed by atoms with Gasteiger partial charge in [-0.15, -0.1) is 0 Å². The Morgan fingerprint density at radius 2 is 1.09 bits per heavy atom. The summed E-state index contributed by atoms with van der Waals surface area (Å²) >= 11 is 0. The standard InChI is InChI=1S/C28H31NO5/c1-21(27(28(29)31)34-19-24-15-9-4-10-16-24)26(33-18-23-13-7-3-8-14-23)25(30)20-32-17-22-11-5-2-6-12-22/h2-16,21,26-27H,17-20H2,1H3,(H2,29,31)/t21-,26-,27+/m0/s1. The van der Waals surface area contributed by atoms with Gasteiger partial charge in [0, 0.05) is 5.92 Å². The number of benzene rings is 3. The van der Waals surface area contributed by atoms with Crippen molar-refractivity contribution in [1.82, 2.24) is 0 Å². The molecule has 0 unspecified atom stereocenters. The Morgan fingerprint density at radius 1 is 0.676 bits per heavy atom. The van der Waals surface area contributed by atoms with E-state index in [9.17, 15) is 9.59 Å². The van der Waals surface area contributed by atoms with Crippen molar-refractivity contribution in [3.63, 3.8) is 0 Å². The Balaban J connectivity index is 1.68. The lowest BCUT2D eigenvalue weighted by Crippen LogP contribution is -2.46. The molecule has 6 heteroatoms. The van der Waals surface area contributed by atoms with Gasteiger partial charge in [-0.3, -0.25) is 9.59 Å². The predicted octanol–water partition coefficient (Wildman–Crippen LogP) is 4.06. The molecule has 0 radical (unpaired) electrons. The van der Waals surface area contributed by atoms with E-state index in [-0.39, 0.29) is 25.6 Å². The Labute approximate surface area is 200 Å². The zero-order chi connectivity index (χ0) is 24.2. The predicted molar refractivity (Wildman–Crippen MR) is 130 cm³/mol. The molecule has 0 saturated carbocycles. The van der Waals surface area contributed by atoms with Crippen molar-refractivity contribution in [2.45, 2.75) is 39.0 Å². The van der Waals surface area contributed by atoms with Crippen LogP contribution in [0, 0.1) is 5.92 Å². The normalized spacial score (nSPS) is 13.7. The van der Waals surface area contributed by atoms with Crippen LogP contribution < -0.4 is 5.73 Å². The molecule has 178 valence electrons. The fraction of sp³-hybridized carbons (Fsp3) is 0.286. The Morgan fingerprint density at radius 3 is 1.53 bits per heavy atom. The van der Waals surface area contributed by atoms with E-state index in [1.807, 2.05) is 91.0 Å². The number of ketones is 1. The van der Waals surface area contributed by atoms with E-state index in [0.29, 0.717) is 6.61 Å². The van der Waals surface area contributed by atoms with Crippen molar-refractivity contribution in [1.29, 1.82) is 0 Å². The highest BCUT2D eigenvalue weighted by atomic mass is 16.5. The summed E-state index contributed by atoms with van der Waals surface area (Å²) in [7, 11) is 0. The number of Topliss-reactive ketones (excluding diaryl/α,β-unsaturated/α-hetero) is 1. The Bertz CT molecular complexity index is 1010. The van der Waals surface area contributed by atoms with Crippen LogP contribution in [0.5, 0.6) is 0 Å². The fourth-order valence-electron chi connectivity index (χ4n) is 3.64. The number of carbonyl (C=O) groups excluding carboxylic acids is 2. The molecule has 6 nitrogen and oxygen atoms in total. The van der Waals surface area contributed by atoms with Gasteiger partial charge in [0.25, 0.3) is 0 Å². The summed E-state index contributed by atoms with van der Waals surface area (Å²) in [6.07, 6.45) is -1.93. The van der Waals surface area contributed by atoms with Gasteiger partial charge in [-0.05, 0) is 16.7 Å². The van der Waals surface area contributed by atoms with E-state index >= 15 is 0 Å². The molecule has 0 heterocycles. The second-order valence-corrected chi connectivity index (χ2v) is 8.14. The maximum Gasteiger partial charge on any atom is 0.246 e. The number of ether oxygens (including phenoxy) is 3. The third-order valence-corrected chi connectivity index (χ3v) is 5.45. The van der Waals surface area contributed by atoms with Crippen LogP contribution in [-0.4, -0.2) is 30.5 Å². The molecule has 0 fully saturated rings. The van der Waals surface area contributed by atoms with E-state index in [2.05, 4.69) is 0 Å². The molecule has 3 aromatic carbocycles. The molecule has 3 rings (SSSR count). The highest BCUT2D eigenvalue weighted by Gasteiger charge is 2.35. The Hall–Kier alpha value is -3.32. The number of hydrogen-bond donors (Lipinski definition) is 1. The lowest BCUT2D eigenvalue weighted by atomic mass is 9.94.